The molecule has 10 heteroatoms. The van der Waals surface area contributed by atoms with Crippen molar-refractivity contribution in [2.24, 2.45) is 0 Å². The molecule has 208 valence electrons. The Morgan fingerprint density at radius 2 is 1.89 bits per heavy atom. The van der Waals surface area contributed by atoms with Gasteiger partial charge in [-0.2, -0.15) is 0 Å². The summed E-state index contributed by atoms with van der Waals surface area (Å²) in [5, 5.41) is 0. The van der Waals surface area contributed by atoms with Gasteiger partial charge < -0.3 is 29.4 Å². The van der Waals surface area contributed by atoms with Crippen LogP contribution in [0.1, 0.15) is 70.4 Å². The lowest BCUT2D eigenvalue weighted by molar-refractivity contribution is -0.152. The molecule has 0 saturated carbocycles. The normalized spacial score (nSPS) is 17.7. The number of ether oxygens (including phenoxy) is 3. The molecular weight excluding hydrogens is 488 g/mol. The Morgan fingerprint density at radius 1 is 1.13 bits per heavy atom. The van der Waals surface area contributed by atoms with Gasteiger partial charge in [-0.1, -0.05) is 44.7 Å². The summed E-state index contributed by atoms with van der Waals surface area (Å²) in [7, 11) is 1.33. The highest BCUT2D eigenvalue weighted by atomic mass is 16.5. The molecule has 1 aliphatic rings. The lowest BCUT2D eigenvalue weighted by Gasteiger charge is -2.28. The molecule has 1 aromatic heterocycles. The maximum atomic E-state index is 13.8. The van der Waals surface area contributed by atoms with Crippen LogP contribution in [0, 0.1) is 0 Å². The fourth-order valence-corrected chi connectivity index (χ4v) is 4.77. The van der Waals surface area contributed by atoms with Gasteiger partial charge in [0.25, 0.3) is 0 Å². The molecule has 38 heavy (non-hydrogen) atoms. The summed E-state index contributed by atoms with van der Waals surface area (Å²) in [5.41, 5.74) is 6.83. The molecule has 0 radical (unpaired) electrons. The number of methoxy groups -OCH3 is 1. The summed E-state index contributed by atoms with van der Waals surface area (Å²) in [6.45, 7) is 4.56. The van der Waals surface area contributed by atoms with Crippen LogP contribution in [-0.4, -0.2) is 64.7 Å². The number of nitrogen functional groups attached to an aromatic ring is 1. The maximum absolute atomic E-state index is 13.8. The predicted molar refractivity (Wildman–Crippen MR) is 142 cm³/mol. The van der Waals surface area contributed by atoms with Gasteiger partial charge in [0, 0.05) is 19.0 Å². The van der Waals surface area contributed by atoms with Gasteiger partial charge >= 0.3 is 11.9 Å². The summed E-state index contributed by atoms with van der Waals surface area (Å²) in [6.07, 6.45) is 8.79. The van der Waals surface area contributed by atoms with Crippen LogP contribution in [0.2, 0.25) is 0 Å². The molecule has 0 spiro atoms. The standard InChI is InChI=1S/C28H40N4O6/c1-4-6-7-8-9-23(31-18-25(29)30-19-31)27(34)32-17-22(16-24(32)28(35)36-3)38-21-13-10-20(11-14-21)12-15-26(33)37-5-2/h10-11,13-14,18-19,22-24H,4-9,12,15-17,29H2,1-3H3/t22-,23+,24-/m0/s1. The second-order valence-electron chi connectivity index (χ2n) is 9.56. The smallest absolute Gasteiger partial charge is 0.328 e. The second-order valence-corrected chi connectivity index (χ2v) is 9.56. The monoisotopic (exact) mass is 528 g/mol. The number of benzene rings is 1. The van der Waals surface area contributed by atoms with Crippen molar-refractivity contribution in [1.82, 2.24) is 14.5 Å². The third-order valence-electron chi connectivity index (χ3n) is 6.77. The van der Waals surface area contributed by atoms with E-state index >= 15 is 0 Å². The molecule has 1 aromatic carbocycles. The van der Waals surface area contributed by atoms with Crippen molar-refractivity contribution in [2.75, 3.05) is 26.0 Å². The van der Waals surface area contributed by atoms with Crippen molar-refractivity contribution < 1.29 is 28.6 Å². The van der Waals surface area contributed by atoms with Crippen LogP contribution in [0.25, 0.3) is 0 Å². The number of amides is 1. The molecule has 1 amide bonds. The van der Waals surface area contributed by atoms with Crippen LogP contribution in [-0.2, 0) is 30.3 Å². The second kappa shape index (κ2) is 14.4. The number of nitrogens with zero attached hydrogens (tertiary/aromatic N) is 3. The van der Waals surface area contributed by atoms with Crippen molar-refractivity contribution in [3.63, 3.8) is 0 Å². The summed E-state index contributed by atoms with van der Waals surface area (Å²) in [4.78, 5) is 43.7. The average Bonchev–Trinajstić information content (AvgIpc) is 3.54. The summed E-state index contributed by atoms with van der Waals surface area (Å²) >= 11 is 0. The first-order valence-electron chi connectivity index (χ1n) is 13.4. The lowest BCUT2D eigenvalue weighted by atomic mass is 10.1. The third kappa shape index (κ3) is 7.97. The molecule has 2 heterocycles. The van der Waals surface area contributed by atoms with Gasteiger partial charge in [0.15, 0.2) is 0 Å². The zero-order valence-corrected chi connectivity index (χ0v) is 22.6. The third-order valence-corrected chi connectivity index (χ3v) is 6.77. The summed E-state index contributed by atoms with van der Waals surface area (Å²) in [5.74, 6) is 0.114. The van der Waals surface area contributed by atoms with Crippen molar-refractivity contribution in [2.45, 2.75) is 83.4 Å². The lowest BCUT2D eigenvalue weighted by Crippen LogP contribution is -2.44. The average molecular weight is 529 g/mol. The highest BCUT2D eigenvalue weighted by molar-refractivity contribution is 5.87. The Kier molecular flexibility index (Phi) is 11.0. The first kappa shape index (κ1) is 29.0. The summed E-state index contributed by atoms with van der Waals surface area (Å²) in [6, 6.07) is 6.23. The molecule has 3 atom stereocenters. The van der Waals surface area contributed by atoms with Gasteiger partial charge in [-0.15, -0.1) is 0 Å². The van der Waals surface area contributed by atoms with Gasteiger partial charge in [-0.05, 0) is 37.5 Å². The quantitative estimate of drug-likeness (QED) is 0.291. The molecule has 1 aliphatic heterocycles. The van der Waals surface area contributed by atoms with Crippen LogP contribution in [0.5, 0.6) is 5.75 Å². The topological polar surface area (TPSA) is 126 Å². The van der Waals surface area contributed by atoms with Gasteiger partial charge in [0.05, 0.1) is 26.6 Å². The minimum absolute atomic E-state index is 0.172. The number of carbonyl (C=O) groups is 3. The Labute approximate surface area is 224 Å². The number of likely N-dealkylation sites (tertiary alicyclic amines) is 1. The number of aromatic nitrogens is 2. The highest BCUT2D eigenvalue weighted by Gasteiger charge is 2.43. The zero-order chi connectivity index (χ0) is 27.5. The van der Waals surface area contributed by atoms with Crippen LogP contribution < -0.4 is 10.5 Å². The SMILES string of the molecule is CCCCCC[C@H](C(=O)N1C[C@@H](Oc2ccc(CCC(=O)OCC)cc2)C[C@H]1C(=O)OC)n1cnc(N)c1. The number of rotatable bonds is 14. The molecule has 1 fully saturated rings. The van der Waals surface area contributed by atoms with E-state index in [1.165, 1.54) is 7.11 Å². The largest absolute Gasteiger partial charge is 0.488 e. The fraction of sp³-hybridized carbons (Fsp3) is 0.571. The maximum Gasteiger partial charge on any atom is 0.328 e. The number of esters is 2. The number of aryl methyl sites for hydroxylation is 1. The minimum atomic E-state index is -0.736. The first-order chi connectivity index (χ1) is 18.4. The van der Waals surface area contributed by atoms with E-state index in [9.17, 15) is 14.4 Å². The van der Waals surface area contributed by atoms with Gasteiger partial charge in [-0.3, -0.25) is 9.59 Å². The molecule has 2 N–H and O–H groups in total. The van der Waals surface area contributed by atoms with Crippen LogP contribution in [0.15, 0.2) is 36.8 Å². The van der Waals surface area contributed by atoms with Crippen molar-refractivity contribution in [3.05, 3.63) is 42.4 Å². The number of anilines is 1. The summed E-state index contributed by atoms with van der Waals surface area (Å²) < 4.78 is 17.9. The van der Waals surface area contributed by atoms with E-state index in [1.54, 1.807) is 28.9 Å². The fourth-order valence-electron chi connectivity index (χ4n) is 4.77. The van der Waals surface area contributed by atoms with Gasteiger partial charge in [0.1, 0.15) is 29.8 Å². The van der Waals surface area contributed by atoms with Gasteiger partial charge in [0.2, 0.25) is 5.91 Å². The Bertz CT molecular complexity index is 1050. The van der Waals surface area contributed by atoms with Crippen molar-refractivity contribution in [3.8, 4) is 5.75 Å². The van der Waals surface area contributed by atoms with E-state index in [2.05, 4.69) is 11.9 Å². The molecule has 1 saturated heterocycles. The van der Waals surface area contributed by atoms with Gasteiger partial charge in [-0.25, -0.2) is 9.78 Å². The van der Waals surface area contributed by atoms with E-state index in [4.69, 9.17) is 19.9 Å². The Morgan fingerprint density at radius 3 is 2.53 bits per heavy atom. The van der Waals surface area contributed by atoms with Crippen molar-refractivity contribution in [1.29, 1.82) is 0 Å². The van der Waals surface area contributed by atoms with E-state index < -0.39 is 18.1 Å². The number of carbonyl (C=O) groups excluding carboxylic acids is 3. The van der Waals surface area contributed by atoms with Crippen LogP contribution in [0.4, 0.5) is 5.82 Å². The molecule has 2 aromatic rings. The number of nitrogens with two attached hydrogens (primary N) is 1. The molecular formula is C28H40N4O6. The number of imidazole rings is 1. The van der Waals surface area contributed by atoms with Crippen molar-refractivity contribution >= 4 is 23.7 Å². The minimum Gasteiger partial charge on any atom is -0.488 e. The van der Waals surface area contributed by atoms with E-state index in [1.807, 2.05) is 24.3 Å². The number of hydrogen-bond acceptors (Lipinski definition) is 8. The molecule has 0 bridgehead atoms. The molecule has 0 aliphatic carbocycles. The van der Waals surface area contributed by atoms with E-state index in [-0.39, 0.29) is 24.5 Å². The highest BCUT2D eigenvalue weighted by Crippen LogP contribution is 2.29. The van der Waals surface area contributed by atoms with Crippen LogP contribution in [0.3, 0.4) is 0 Å². The predicted octanol–water partition coefficient (Wildman–Crippen LogP) is 3.69. The van der Waals surface area contributed by atoms with E-state index in [0.29, 0.717) is 43.9 Å². The molecule has 10 nitrogen and oxygen atoms in total. The molecule has 3 rings (SSSR count). The van der Waals surface area contributed by atoms with Crippen LogP contribution >= 0.6 is 0 Å². The first-order valence-corrected chi connectivity index (χ1v) is 13.4. The number of unbranched alkanes of at least 4 members (excludes halogenated alkanes) is 3. The molecule has 0 unspecified atom stereocenters. The Hall–Kier alpha value is -3.56. The number of hydrogen-bond donors (Lipinski definition) is 1. The zero-order valence-electron chi connectivity index (χ0n) is 22.6. The Balaban J connectivity index is 1.69. The van der Waals surface area contributed by atoms with E-state index in [0.717, 1.165) is 31.2 Å².